The van der Waals surface area contributed by atoms with Gasteiger partial charge in [0.25, 0.3) is 0 Å². The molecule has 0 radical (unpaired) electrons. The van der Waals surface area contributed by atoms with Crippen LogP contribution in [0.2, 0.25) is 0 Å². The first-order valence-corrected chi connectivity index (χ1v) is 8.54. The number of aryl methyl sites for hydroxylation is 1. The van der Waals surface area contributed by atoms with Crippen molar-refractivity contribution >= 4 is 21.6 Å². The van der Waals surface area contributed by atoms with Gasteiger partial charge in [0.1, 0.15) is 4.90 Å². The van der Waals surface area contributed by atoms with Gasteiger partial charge >= 0.3 is 0 Å². The van der Waals surface area contributed by atoms with E-state index in [0.717, 1.165) is 19.3 Å². The van der Waals surface area contributed by atoms with E-state index >= 15 is 0 Å². The second-order valence-corrected chi connectivity index (χ2v) is 7.34. The van der Waals surface area contributed by atoms with Gasteiger partial charge in [-0.05, 0) is 32.1 Å². The first kappa shape index (κ1) is 14.8. The minimum absolute atomic E-state index is 0.100. The fraction of sp³-hybridized carbons (Fsp3) is 0.750. The Balaban J connectivity index is 2.33. The summed E-state index contributed by atoms with van der Waals surface area (Å²) >= 11 is 5.78. The van der Waals surface area contributed by atoms with Crippen molar-refractivity contribution in [2.45, 2.75) is 43.9 Å². The number of sulfonamides is 1. The van der Waals surface area contributed by atoms with Crippen molar-refractivity contribution in [3.05, 3.63) is 11.4 Å². The molecule has 0 amide bonds. The lowest BCUT2D eigenvalue weighted by Crippen LogP contribution is -2.32. The average Bonchev–Trinajstić information content (AvgIpc) is 2.60. The molecule has 0 bridgehead atoms. The Morgan fingerprint density at radius 1 is 1.42 bits per heavy atom. The standard InChI is InChI=1S/C12H20ClN3O2S/c1-9-4-3-6-16(7-5-9)19(17,18)12-10(2)14-15-11(12)8-13/h9H,3-8H2,1-2H3,(H,14,15). The number of nitrogens with one attached hydrogen (secondary N) is 1. The topological polar surface area (TPSA) is 66.1 Å². The van der Waals surface area contributed by atoms with E-state index in [4.69, 9.17) is 11.6 Å². The molecule has 0 aromatic carbocycles. The van der Waals surface area contributed by atoms with Gasteiger partial charge in [0, 0.05) is 13.1 Å². The third kappa shape index (κ3) is 2.95. The highest BCUT2D eigenvalue weighted by atomic mass is 35.5. The van der Waals surface area contributed by atoms with Gasteiger partial charge in [-0.1, -0.05) is 6.92 Å². The average molecular weight is 306 g/mol. The first-order valence-electron chi connectivity index (χ1n) is 6.56. The molecule has 5 nitrogen and oxygen atoms in total. The Kier molecular flexibility index (Phi) is 4.53. The number of hydrogen-bond donors (Lipinski definition) is 1. The van der Waals surface area contributed by atoms with E-state index in [1.807, 2.05) is 0 Å². The van der Waals surface area contributed by atoms with Crippen LogP contribution in [0.3, 0.4) is 0 Å². The number of rotatable bonds is 3. The van der Waals surface area contributed by atoms with Crippen molar-refractivity contribution < 1.29 is 8.42 Å². The molecule has 1 atom stereocenters. The lowest BCUT2D eigenvalue weighted by Gasteiger charge is -2.20. The summed E-state index contributed by atoms with van der Waals surface area (Å²) < 4.78 is 27.0. The van der Waals surface area contributed by atoms with E-state index < -0.39 is 10.0 Å². The van der Waals surface area contributed by atoms with Crippen LogP contribution in [0.4, 0.5) is 0 Å². The monoisotopic (exact) mass is 305 g/mol. The summed E-state index contributed by atoms with van der Waals surface area (Å²) in [4.78, 5) is 0.261. The lowest BCUT2D eigenvalue weighted by molar-refractivity contribution is 0.416. The summed E-state index contributed by atoms with van der Waals surface area (Å²) in [6.07, 6.45) is 2.90. The summed E-state index contributed by atoms with van der Waals surface area (Å²) in [6, 6.07) is 0. The highest BCUT2D eigenvalue weighted by Gasteiger charge is 2.31. The van der Waals surface area contributed by atoms with Crippen LogP contribution < -0.4 is 0 Å². The normalized spacial score (nSPS) is 22.4. The molecule has 1 aliphatic heterocycles. The molecule has 0 spiro atoms. The van der Waals surface area contributed by atoms with E-state index in [1.54, 1.807) is 11.2 Å². The van der Waals surface area contributed by atoms with Crippen LogP contribution in [0.1, 0.15) is 37.6 Å². The Hall–Kier alpha value is -0.590. The van der Waals surface area contributed by atoms with Crippen LogP contribution in [-0.2, 0) is 15.9 Å². The maximum absolute atomic E-state index is 12.7. The van der Waals surface area contributed by atoms with Crippen LogP contribution in [0.5, 0.6) is 0 Å². The van der Waals surface area contributed by atoms with Crippen molar-refractivity contribution in [1.29, 1.82) is 0 Å². The highest BCUT2D eigenvalue weighted by molar-refractivity contribution is 7.89. The van der Waals surface area contributed by atoms with Crippen molar-refractivity contribution in [3.63, 3.8) is 0 Å². The van der Waals surface area contributed by atoms with E-state index in [1.165, 1.54) is 0 Å². The van der Waals surface area contributed by atoms with Crippen molar-refractivity contribution in [2.75, 3.05) is 13.1 Å². The summed E-state index contributed by atoms with van der Waals surface area (Å²) in [7, 11) is -3.48. The minimum atomic E-state index is -3.48. The number of nitrogens with zero attached hydrogens (tertiary/aromatic N) is 2. The van der Waals surface area contributed by atoms with Crippen LogP contribution in [0.15, 0.2) is 4.90 Å². The molecular formula is C12H20ClN3O2S. The molecule has 1 aliphatic rings. The molecule has 0 saturated carbocycles. The minimum Gasteiger partial charge on any atom is -0.281 e. The highest BCUT2D eigenvalue weighted by Crippen LogP contribution is 2.26. The second kappa shape index (κ2) is 5.81. The van der Waals surface area contributed by atoms with Gasteiger partial charge in [-0.2, -0.15) is 9.40 Å². The molecule has 108 valence electrons. The maximum atomic E-state index is 12.7. The summed E-state index contributed by atoms with van der Waals surface area (Å²) in [5.74, 6) is 0.682. The molecule has 2 heterocycles. The van der Waals surface area contributed by atoms with Gasteiger partial charge in [0.15, 0.2) is 0 Å². The predicted molar refractivity (Wildman–Crippen MR) is 74.7 cm³/mol. The van der Waals surface area contributed by atoms with E-state index in [9.17, 15) is 8.42 Å². The van der Waals surface area contributed by atoms with Crippen LogP contribution >= 0.6 is 11.6 Å². The third-order valence-electron chi connectivity index (χ3n) is 3.66. The molecule has 1 aromatic heterocycles. The zero-order valence-corrected chi connectivity index (χ0v) is 12.9. The van der Waals surface area contributed by atoms with Gasteiger partial charge in [-0.3, -0.25) is 5.10 Å². The first-order chi connectivity index (χ1) is 8.96. The van der Waals surface area contributed by atoms with Crippen LogP contribution in [0, 0.1) is 12.8 Å². The maximum Gasteiger partial charge on any atom is 0.246 e. The predicted octanol–water partition coefficient (Wildman–Crippen LogP) is 2.27. The number of aromatic amines is 1. The molecule has 2 rings (SSSR count). The Morgan fingerprint density at radius 3 is 2.84 bits per heavy atom. The van der Waals surface area contributed by atoms with Gasteiger partial charge < -0.3 is 0 Å². The fourth-order valence-electron chi connectivity index (χ4n) is 2.51. The molecule has 19 heavy (non-hydrogen) atoms. The third-order valence-corrected chi connectivity index (χ3v) is 6.02. The van der Waals surface area contributed by atoms with E-state index in [0.29, 0.717) is 30.4 Å². The summed E-state index contributed by atoms with van der Waals surface area (Å²) in [5, 5.41) is 6.69. The molecule has 0 aliphatic carbocycles. The van der Waals surface area contributed by atoms with Crippen molar-refractivity contribution in [2.24, 2.45) is 5.92 Å². The Morgan fingerprint density at radius 2 is 2.16 bits per heavy atom. The van der Waals surface area contributed by atoms with Gasteiger partial charge in [-0.25, -0.2) is 8.42 Å². The summed E-state index contributed by atoms with van der Waals surface area (Å²) in [5.41, 5.74) is 0.976. The van der Waals surface area contributed by atoms with Crippen molar-refractivity contribution in [3.8, 4) is 0 Å². The smallest absolute Gasteiger partial charge is 0.246 e. The molecule has 1 aromatic rings. The Bertz CT molecular complexity index is 541. The lowest BCUT2D eigenvalue weighted by atomic mass is 10.0. The Labute approximate surface area is 119 Å². The number of alkyl halides is 1. The van der Waals surface area contributed by atoms with Gasteiger partial charge in [0.2, 0.25) is 10.0 Å². The van der Waals surface area contributed by atoms with E-state index in [-0.39, 0.29) is 10.8 Å². The number of hydrogen-bond acceptors (Lipinski definition) is 3. The zero-order valence-electron chi connectivity index (χ0n) is 11.3. The van der Waals surface area contributed by atoms with Crippen molar-refractivity contribution in [1.82, 2.24) is 14.5 Å². The zero-order chi connectivity index (χ0) is 14.0. The molecule has 7 heteroatoms. The summed E-state index contributed by atoms with van der Waals surface area (Å²) in [6.45, 7) is 5.05. The van der Waals surface area contributed by atoms with Crippen LogP contribution in [0.25, 0.3) is 0 Å². The van der Waals surface area contributed by atoms with E-state index in [2.05, 4.69) is 17.1 Å². The largest absolute Gasteiger partial charge is 0.281 e. The molecule has 1 fully saturated rings. The number of aromatic nitrogens is 2. The van der Waals surface area contributed by atoms with Crippen LogP contribution in [-0.4, -0.2) is 36.0 Å². The number of H-pyrrole nitrogens is 1. The second-order valence-electron chi connectivity index (χ2n) is 5.20. The number of halogens is 1. The molecule has 1 saturated heterocycles. The fourth-order valence-corrected chi connectivity index (χ4v) is 4.60. The SMILES string of the molecule is Cc1[nH]nc(CCl)c1S(=O)(=O)N1CCCC(C)CC1. The van der Waals surface area contributed by atoms with Gasteiger partial charge in [0.05, 0.1) is 17.3 Å². The molecular weight excluding hydrogens is 286 g/mol. The molecule has 1 unspecified atom stereocenters. The van der Waals surface area contributed by atoms with Gasteiger partial charge in [-0.15, -0.1) is 11.6 Å². The molecule has 1 N–H and O–H groups in total. The quantitative estimate of drug-likeness (QED) is 0.871.